The van der Waals surface area contributed by atoms with Gasteiger partial charge in [-0.05, 0) is 96.3 Å². The van der Waals surface area contributed by atoms with Gasteiger partial charge in [-0.2, -0.15) is 0 Å². The molecule has 0 aliphatic rings. The van der Waals surface area contributed by atoms with E-state index in [1.165, 1.54) is 128 Å². The Balaban J connectivity index is 4.02. The van der Waals surface area contributed by atoms with Crippen LogP contribution in [0, 0.1) is 0 Å². The summed E-state index contributed by atoms with van der Waals surface area (Å²) in [6, 6.07) is 0. The van der Waals surface area contributed by atoms with Crippen molar-refractivity contribution in [1.82, 2.24) is 0 Å². The average molecular weight is 1000 g/mol. The lowest BCUT2D eigenvalue weighted by Crippen LogP contribution is -2.30. The number of ether oxygens (including phenoxy) is 3. The maximum atomic E-state index is 12.8. The Kier molecular flexibility index (Phi) is 56.8. The summed E-state index contributed by atoms with van der Waals surface area (Å²) in [5.41, 5.74) is 0. The molecule has 0 aromatic carbocycles. The Hall–Kier alpha value is -3.67. The molecule has 0 saturated carbocycles. The van der Waals surface area contributed by atoms with Crippen molar-refractivity contribution in [2.24, 2.45) is 0 Å². The van der Waals surface area contributed by atoms with Crippen LogP contribution in [0.5, 0.6) is 0 Å². The summed E-state index contributed by atoms with van der Waals surface area (Å²) in [5, 5.41) is 0. The molecule has 0 radical (unpaired) electrons. The molecule has 0 fully saturated rings. The summed E-state index contributed by atoms with van der Waals surface area (Å²) in [6.45, 7) is 6.45. The van der Waals surface area contributed by atoms with Gasteiger partial charge in [0.25, 0.3) is 0 Å². The van der Waals surface area contributed by atoms with Crippen molar-refractivity contribution in [1.29, 1.82) is 0 Å². The molecule has 72 heavy (non-hydrogen) atoms. The van der Waals surface area contributed by atoms with E-state index in [0.717, 1.165) is 116 Å². The highest BCUT2D eigenvalue weighted by molar-refractivity contribution is 5.71. The minimum absolute atomic E-state index is 0.0776. The zero-order chi connectivity index (χ0) is 52.2. The molecule has 0 aliphatic heterocycles. The second kappa shape index (κ2) is 59.9. The summed E-state index contributed by atoms with van der Waals surface area (Å²) in [4.78, 5) is 37.9. The fraction of sp³-hybridized carbons (Fsp3) is 0.712. The van der Waals surface area contributed by atoms with Gasteiger partial charge in [0.05, 0.1) is 0 Å². The van der Waals surface area contributed by atoms with Gasteiger partial charge in [0.15, 0.2) is 6.10 Å². The lowest BCUT2D eigenvalue weighted by atomic mass is 10.0. The van der Waals surface area contributed by atoms with Crippen molar-refractivity contribution in [2.45, 2.75) is 290 Å². The van der Waals surface area contributed by atoms with Gasteiger partial charge in [-0.25, -0.2) is 0 Å². The van der Waals surface area contributed by atoms with Crippen molar-refractivity contribution in [3.05, 3.63) is 97.2 Å². The summed E-state index contributed by atoms with van der Waals surface area (Å²) in [7, 11) is 0. The van der Waals surface area contributed by atoms with Crippen LogP contribution < -0.4 is 0 Å². The summed E-state index contributed by atoms with van der Waals surface area (Å²) >= 11 is 0. The Morgan fingerprint density at radius 3 is 0.903 bits per heavy atom. The molecule has 6 heteroatoms. The maximum absolute atomic E-state index is 12.8. The highest BCUT2D eigenvalue weighted by Crippen LogP contribution is 2.16. The van der Waals surface area contributed by atoms with Crippen molar-refractivity contribution >= 4 is 17.9 Å². The number of carbonyl (C=O) groups excluding carboxylic acids is 3. The predicted molar refractivity (Wildman–Crippen MR) is 311 cm³/mol. The van der Waals surface area contributed by atoms with Gasteiger partial charge in [0.2, 0.25) is 0 Å². The van der Waals surface area contributed by atoms with E-state index >= 15 is 0 Å². The van der Waals surface area contributed by atoms with E-state index in [2.05, 4.69) is 118 Å². The number of hydrogen-bond acceptors (Lipinski definition) is 6. The fourth-order valence-corrected chi connectivity index (χ4v) is 8.29. The van der Waals surface area contributed by atoms with Gasteiger partial charge in [-0.1, -0.05) is 266 Å². The molecule has 1 atom stereocenters. The third-order valence-electron chi connectivity index (χ3n) is 12.8. The molecule has 6 nitrogen and oxygen atoms in total. The smallest absolute Gasteiger partial charge is 0.306 e. The van der Waals surface area contributed by atoms with E-state index in [0.29, 0.717) is 19.3 Å². The van der Waals surface area contributed by atoms with Crippen molar-refractivity contribution in [2.75, 3.05) is 13.2 Å². The Morgan fingerprint density at radius 1 is 0.292 bits per heavy atom. The molecule has 0 saturated heterocycles. The first kappa shape index (κ1) is 68.3. The van der Waals surface area contributed by atoms with Crippen LogP contribution in [-0.4, -0.2) is 37.2 Å². The van der Waals surface area contributed by atoms with Crippen LogP contribution in [0.1, 0.15) is 284 Å². The van der Waals surface area contributed by atoms with Crippen LogP contribution in [0.25, 0.3) is 0 Å². The number of allylic oxidation sites excluding steroid dienone is 16. The zero-order valence-electron chi connectivity index (χ0n) is 47.2. The van der Waals surface area contributed by atoms with Crippen LogP contribution in [0.15, 0.2) is 97.2 Å². The van der Waals surface area contributed by atoms with Crippen molar-refractivity contribution in [3.8, 4) is 0 Å². The standard InChI is InChI=1S/C66H112O6/c1-4-7-10-13-16-19-21-22-23-24-25-26-27-28-29-30-31-32-33-34-35-36-37-38-39-40-41-42-43-44-46-47-50-53-56-59-65(68)71-62-63(61-70-64(67)58-55-52-49-18-15-12-9-6-3)72-66(69)60-57-54-51-48-45-20-17-14-11-8-5-2/h7,10,14,16-17,19,22-23,25-26,28-29,31-32,34-35,63H,4-6,8-9,11-13,15,18,20-21,24,27,30,33,36-62H2,1-3H3/b10-7-,17-14-,19-16-,23-22-,26-25-,29-28-,32-31-,35-34-. The predicted octanol–water partition coefficient (Wildman–Crippen LogP) is 20.5. The number of carbonyl (C=O) groups is 3. The monoisotopic (exact) mass is 1000 g/mol. The molecule has 0 heterocycles. The van der Waals surface area contributed by atoms with Gasteiger partial charge in [-0.3, -0.25) is 14.4 Å². The molecule has 0 aromatic rings. The van der Waals surface area contributed by atoms with E-state index in [-0.39, 0.29) is 31.1 Å². The molecular weight excluding hydrogens is 889 g/mol. The SMILES string of the molecule is CC/C=C\C/C=C\C/C=C\C/C=C\C/C=C\C/C=C\C/C=C\CCCCCCCCCCCCCCCC(=O)OCC(COC(=O)CCCCCCCCCC)OC(=O)CCCCCCC/C=C\CCCC. The van der Waals surface area contributed by atoms with Crippen molar-refractivity contribution in [3.63, 3.8) is 0 Å². The number of unbranched alkanes of at least 4 members (excludes halogenated alkanes) is 27. The van der Waals surface area contributed by atoms with Crippen LogP contribution in [0.3, 0.4) is 0 Å². The molecule has 412 valence electrons. The third-order valence-corrected chi connectivity index (χ3v) is 12.8. The van der Waals surface area contributed by atoms with E-state index in [1.807, 2.05) is 0 Å². The van der Waals surface area contributed by atoms with Gasteiger partial charge >= 0.3 is 17.9 Å². The highest BCUT2D eigenvalue weighted by atomic mass is 16.6. The molecule has 0 bridgehead atoms. The van der Waals surface area contributed by atoms with Crippen LogP contribution in [-0.2, 0) is 28.6 Å². The number of esters is 3. The largest absolute Gasteiger partial charge is 0.462 e. The number of rotatable bonds is 54. The maximum Gasteiger partial charge on any atom is 0.306 e. The molecule has 0 spiro atoms. The van der Waals surface area contributed by atoms with E-state index in [4.69, 9.17) is 14.2 Å². The van der Waals surface area contributed by atoms with Gasteiger partial charge < -0.3 is 14.2 Å². The minimum Gasteiger partial charge on any atom is -0.462 e. The van der Waals surface area contributed by atoms with Gasteiger partial charge in [0, 0.05) is 19.3 Å². The van der Waals surface area contributed by atoms with E-state index in [1.54, 1.807) is 0 Å². The molecule has 0 rings (SSSR count). The van der Waals surface area contributed by atoms with Crippen LogP contribution >= 0.6 is 0 Å². The topological polar surface area (TPSA) is 78.9 Å². The third kappa shape index (κ3) is 57.2. The van der Waals surface area contributed by atoms with E-state index in [9.17, 15) is 14.4 Å². The average Bonchev–Trinajstić information content (AvgIpc) is 3.38. The molecule has 0 amide bonds. The van der Waals surface area contributed by atoms with Crippen LogP contribution in [0.2, 0.25) is 0 Å². The first-order valence-corrected chi connectivity index (χ1v) is 30.2. The summed E-state index contributed by atoms with van der Waals surface area (Å²) in [6.07, 6.45) is 80.1. The van der Waals surface area contributed by atoms with Gasteiger partial charge in [-0.15, -0.1) is 0 Å². The number of hydrogen-bond donors (Lipinski definition) is 0. The quantitative estimate of drug-likeness (QED) is 0.0261. The Bertz CT molecular complexity index is 1430. The Labute approximate surface area is 445 Å². The van der Waals surface area contributed by atoms with Crippen molar-refractivity contribution < 1.29 is 28.6 Å². The highest BCUT2D eigenvalue weighted by Gasteiger charge is 2.19. The molecule has 0 N–H and O–H groups in total. The molecule has 1 unspecified atom stereocenters. The molecule has 0 aromatic heterocycles. The fourth-order valence-electron chi connectivity index (χ4n) is 8.29. The first-order valence-electron chi connectivity index (χ1n) is 30.2. The summed E-state index contributed by atoms with van der Waals surface area (Å²) in [5.74, 6) is -0.890. The lowest BCUT2D eigenvalue weighted by Gasteiger charge is -2.18. The van der Waals surface area contributed by atoms with Gasteiger partial charge in [0.1, 0.15) is 13.2 Å². The Morgan fingerprint density at radius 2 is 0.556 bits per heavy atom. The second-order valence-corrected chi connectivity index (χ2v) is 19.9. The second-order valence-electron chi connectivity index (χ2n) is 19.9. The molecule has 0 aliphatic carbocycles. The summed E-state index contributed by atoms with van der Waals surface area (Å²) < 4.78 is 16.8. The molecular formula is C66H112O6. The first-order chi connectivity index (χ1) is 35.5. The van der Waals surface area contributed by atoms with Crippen LogP contribution in [0.4, 0.5) is 0 Å². The minimum atomic E-state index is -0.776. The normalized spacial score (nSPS) is 12.8. The zero-order valence-corrected chi connectivity index (χ0v) is 47.2. The van der Waals surface area contributed by atoms with E-state index < -0.39 is 6.10 Å². The lowest BCUT2D eigenvalue weighted by molar-refractivity contribution is -0.167.